The Morgan fingerprint density at radius 2 is 1.80 bits per heavy atom. The Bertz CT molecular complexity index is 751. The number of likely N-dealkylation sites (tertiary alicyclic amines) is 1. The summed E-state index contributed by atoms with van der Waals surface area (Å²) >= 11 is 0. The van der Waals surface area contributed by atoms with E-state index in [0.29, 0.717) is 12.5 Å². The minimum absolute atomic E-state index is 0.221. The van der Waals surface area contributed by atoms with Gasteiger partial charge >= 0.3 is 0 Å². The lowest BCUT2D eigenvalue weighted by Crippen LogP contribution is -2.61. The summed E-state index contributed by atoms with van der Waals surface area (Å²) < 4.78 is 5.16. The van der Waals surface area contributed by atoms with Crippen LogP contribution in [0.25, 0.3) is 0 Å². The molecule has 1 saturated heterocycles. The molecular formula is C21H24N2O2. The van der Waals surface area contributed by atoms with E-state index in [1.807, 2.05) is 29.2 Å². The van der Waals surface area contributed by atoms with Gasteiger partial charge in [-0.15, -0.1) is 0 Å². The molecule has 0 radical (unpaired) electrons. The Morgan fingerprint density at radius 1 is 1.08 bits per heavy atom. The molecule has 130 valence electrons. The Kier molecular flexibility index (Phi) is 4.45. The van der Waals surface area contributed by atoms with Gasteiger partial charge in [0.05, 0.1) is 13.5 Å². The summed E-state index contributed by atoms with van der Waals surface area (Å²) in [5, 5.41) is 0. The van der Waals surface area contributed by atoms with E-state index in [1.54, 1.807) is 7.11 Å². The van der Waals surface area contributed by atoms with Crippen molar-refractivity contribution in [1.82, 2.24) is 9.80 Å². The van der Waals surface area contributed by atoms with Crippen LogP contribution in [-0.2, 0) is 24.2 Å². The maximum absolute atomic E-state index is 12.5. The largest absolute Gasteiger partial charge is 0.497 e. The zero-order chi connectivity index (χ0) is 17.2. The van der Waals surface area contributed by atoms with Crippen molar-refractivity contribution in [1.29, 1.82) is 0 Å². The number of carbonyl (C=O) groups is 1. The highest BCUT2D eigenvalue weighted by Gasteiger charge is 2.35. The molecule has 4 nitrogen and oxygen atoms in total. The average Bonchev–Trinajstić information content (AvgIpc) is 2.61. The number of ether oxygens (including phenoxy) is 1. The summed E-state index contributed by atoms with van der Waals surface area (Å²) in [4.78, 5) is 17.0. The van der Waals surface area contributed by atoms with Crippen molar-refractivity contribution in [3.63, 3.8) is 0 Å². The van der Waals surface area contributed by atoms with E-state index in [4.69, 9.17) is 4.74 Å². The molecule has 2 aromatic carbocycles. The predicted molar refractivity (Wildman–Crippen MR) is 97.6 cm³/mol. The third kappa shape index (κ3) is 3.40. The molecule has 2 aliphatic heterocycles. The van der Waals surface area contributed by atoms with Crippen LogP contribution in [0, 0.1) is 0 Å². The van der Waals surface area contributed by atoms with Gasteiger partial charge in [-0.3, -0.25) is 9.69 Å². The number of amides is 1. The monoisotopic (exact) mass is 336 g/mol. The van der Waals surface area contributed by atoms with Gasteiger partial charge < -0.3 is 9.64 Å². The minimum atomic E-state index is 0.221. The molecular weight excluding hydrogens is 312 g/mol. The smallest absolute Gasteiger partial charge is 0.227 e. The van der Waals surface area contributed by atoms with E-state index < -0.39 is 0 Å². The van der Waals surface area contributed by atoms with Crippen LogP contribution in [0.5, 0.6) is 5.75 Å². The topological polar surface area (TPSA) is 32.8 Å². The maximum atomic E-state index is 12.5. The van der Waals surface area contributed by atoms with Crippen molar-refractivity contribution in [3.8, 4) is 5.75 Å². The van der Waals surface area contributed by atoms with Gasteiger partial charge in [0.25, 0.3) is 0 Å². The number of hydrogen-bond donors (Lipinski definition) is 0. The lowest BCUT2D eigenvalue weighted by Gasteiger charge is -2.47. The molecule has 0 bridgehead atoms. The van der Waals surface area contributed by atoms with Crippen molar-refractivity contribution in [2.24, 2.45) is 0 Å². The summed E-state index contributed by atoms with van der Waals surface area (Å²) in [7, 11) is 1.65. The Balaban J connectivity index is 1.29. The SMILES string of the molecule is COc1ccc(CC(=O)N2CC(N3CCc4ccccc4C3)C2)cc1. The molecule has 0 aliphatic carbocycles. The van der Waals surface area contributed by atoms with Crippen molar-refractivity contribution in [2.75, 3.05) is 26.7 Å². The standard InChI is InChI=1S/C21H24N2O2/c1-25-20-8-6-16(7-9-20)12-21(24)23-14-19(15-23)22-11-10-17-4-2-3-5-18(17)13-22/h2-9,19H,10-15H2,1H3. The van der Waals surface area contributed by atoms with Gasteiger partial charge in [-0.25, -0.2) is 0 Å². The Hall–Kier alpha value is -2.33. The highest BCUT2D eigenvalue weighted by molar-refractivity contribution is 5.79. The molecule has 1 fully saturated rings. The van der Waals surface area contributed by atoms with Crippen LogP contribution in [0.2, 0.25) is 0 Å². The van der Waals surface area contributed by atoms with Crippen LogP contribution >= 0.6 is 0 Å². The number of rotatable bonds is 4. The summed E-state index contributed by atoms with van der Waals surface area (Å²) in [6.07, 6.45) is 1.59. The third-order valence-electron chi connectivity index (χ3n) is 5.41. The van der Waals surface area contributed by atoms with Crippen LogP contribution in [0.1, 0.15) is 16.7 Å². The fourth-order valence-electron chi connectivity index (χ4n) is 3.75. The van der Waals surface area contributed by atoms with E-state index in [9.17, 15) is 4.79 Å². The fourth-order valence-corrected chi connectivity index (χ4v) is 3.75. The van der Waals surface area contributed by atoms with Crippen molar-refractivity contribution in [3.05, 3.63) is 65.2 Å². The summed E-state index contributed by atoms with van der Waals surface area (Å²) in [6.45, 7) is 3.83. The van der Waals surface area contributed by atoms with Crippen molar-refractivity contribution >= 4 is 5.91 Å². The van der Waals surface area contributed by atoms with Crippen LogP contribution in [-0.4, -0.2) is 48.5 Å². The zero-order valence-corrected chi connectivity index (χ0v) is 14.6. The van der Waals surface area contributed by atoms with Crippen LogP contribution in [0.3, 0.4) is 0 Å². The van der Waals surface area contributed by atoms with Gasteiger partial charge in [-0.05, 0) is 35.2 Å². The summed E-state index contributed by atoms with van der Waals surface area (Å²) in [5.41, 5.74) is 3.96. The lowest BCUT2D eigenvalue weighted by molar-refractivity contribution is -0.138. The second-order valence-corrected chi connectivity index (χ2v) is 6.97. The average molecular weight is 336 g/mol. The van der Waals surface area contributed by atoms with E-state index in [1.165, 1.54) is 11.1 Å². The number of methoxy groups -OCH3 is 1. The summed E-state index contributed by atoms with van der Waals surface area (Å²) in [6, 6.07) is 17.0. The van der Waals surface area contributed by atoms with Crippen molar-refractivity contribution in [2.45, 2.75) is 25.4 Å². The van der Waals surface area contributed by atoms with E-state index >= 15 is 0 Å². The first-order valence-electron chi connectivity index (χ1n) is 8.94. The molecule has 0 unspecified atom stereocenters. The Morgan fingerprint density at radius 3 is 2.52 bits per heavy atom. The van der Waals surface area contributed by atoms with Gasteiger partial charge in [0.1, 0.15) is 5.75 Å². The highest BCUT2D eigenvalue weighted by atomic mass is 16.5. The van der Waals surface area contributed by atoms with Crippen LogP contribution < -0.4 is 4.74 Å². The van der Waals surface area contributed by atoms with Gasteiger partial charge in [-0.1, -0.05) is 36.4 Å². The molecule has 2 aromatic rings. The molecule has 0 atom stereocenters. The molecule has 0 spiro atoms. The molecule has 1 amide bonds. The van der Waals surface area contributed by atoms with E-state index in [-0.39, 0.29) is 5.91 Å². The summed E-state index contributed by atoms with van der Waals surface area (Å²) in [5.74, 6) is 1.05. The number of carbonyl (C=O) groups excluding carboxylic acids is 1. The molecule has 0 saturated carbocycles. The van der Waals surface area contributed by atoms with E-state index in [2.05, 4.69) is 29.2 Å². The number of benzene rings is 2. The van der Waals surface area contributed by atoms with E-state index in [0.717, 1.165) is 43.9 Å². The van der Waals surface area contributed by atoms with Gasteiger partial charge in [-0.2, -0.15) is 0 Å². The molecule has 4 heteroatoms. The molecule has 2 aliphatic rings. The number of hydrogen-bond acceptors (Lipinski definition) is 3. The predicted octanol–water partition coefficient (Wildman–Crippen LogP) is 2.51. The number of fused-ring (bicyclic) bond motifs is 1. The Labute approximate surface area is 149 Å². The third-order valence-corrected chi connectivity index (χ3v) is 5.41. The molecule has 4 rings (SSSR count). The second kappa shape index (κ2) is 6.89. The first-order valence-corrected chi connectivity index (χ1v) is 8.94. The van der Waals surface area contributed by atoms with Crippen LogP contribution in [0.15, 0.2) is 48.5 Å². The quantitative estimate of drug-likeness (QED) is 0.860. The molecule has 0 aromatic heterocycles. The first kappa shape index (κ1) is 16.2. The normalized spacial score (nSPS) is 17.7. The molecule has 0 N–H and O–H groups in total. The first-order chi connectivity index (χ1) is 12.2. The van der Waals surface area contributed by atoms with Gasteiger partial charge in [0.2, 0.25) is 5.91 Å². The minimum Gasteiger partial charge on any atom is -0.497 e. The lowest BCUT2D eigenvalue weighted by atomic mass is 9.96. The zero-order valence-electron chi connectivity index (χ0n) is 14.6. The molecule has 25 heavy (non-hydrogen) atoms. The molecule has 2 heterocycles. The van der Waals surface area contributed by atoms with Crippen molar-refractivity contribution < 1.29 is 9.53 Å². The van der Waals surface area contributed by atoms with Crippen LogP contribution in [0.4, 0.5) is 0 Å². The second-order valence-electron chi connectivity index (χ2n) is 6.97. The van der Waals surface area contributed by atoms with Gasteiger partial charge in [0, 0.05) is 32.2 Å². The number of nitrogens with zero attached hydrogens (tertiary/aromatic N) is 2. The highest BCUT2D eigenvalue weighted by Crippen LogP contribution is 2.24. The maximum Gasteiger partial charge on any atom is 0.227 e. The fraction of sp³-hybridized carbons (Fsp3) is 0.381. The van der Waals surface area contributed by atoms with Gasteiger partial charge in [0.15, 0.2) is 0 Å².